The van der Waals surface area contributed by atoms with Crippen LogP contribution in [0.4, 0.5) is 16.2 Å². The molecular formula is C26H33N7O6. The minimum Gasteiger partial charge on any atom is -0.491 e. The van der Waals surface area contributed by atoms with Crippen LogP contribution in [0.5, 0.6) is 5.75 Å². The maximum Gasteiger partial charge on any atom is 0.338 e. The number of benzene rings is 1. The van der Waals surface area contributed by atoms with E-state index in [9.17, 15) is 19.2 Å². The van der Waals surface area contributed by atoms with E-state index in [1.165, 1.54) is 10.9 Å². The number of esters is 1. The molecule has 5 N–H and O–H groups in total. The second-order valence-electron chi connectivity index (χ2n) is 10.1. The number of urea groups is 1. The van der Waals surface area contributed by atoms with Gasteiger partial charge in [-0.25, -0.2) is 14.6 Å². The number of aryl methyl sites for hydroxylation is 2. The van der Waals surface area contributed by atoms with E-state index < -0.39 is 35.5 Å². The highest BCUT2D eigenvalue weighted by molar-refractivity contribution is 6.15. The molecule has 0 aliphatic rings. The van der Waals surface area contributed by atoms with E-state index in [1.807, 2.05) is 13.8 Å². The van der Waals surface area contributed by atoms with E-state index in [-0.39, 0.29) is 17.4 Å². The minimum absolute atomic E-state index is 0.0397. The molecule has 1 unspecified atom stereocenters. The number of pyridine rings is 1. The molecule has 0 saturated carbocycles. The third-order valence-electron chi connectivity index (χ3n) is 5.18. The molecule has 2 aromatic heterocycles. The lowest BCUT2D eigenvalue weighted by Gasteiger charge is -2.24. The van der Waals surface area contributed by atoms with Gasteiger partial charge in [-0.1, -0.05) is 6.07 Å². The van der Waals surface area contributed by atoms with Gasteiger partial charge in [0.1, 0.15) is 11.4 Å². The van der Waals surface area contributed by atoms with Crippen LogP contribution in [-0.2, 0) is 21.4 Å². The van der Waals surface area contributed by atoms with E-state index in [4.69, 9.17) is 15.2 Å². The second-order valence-corrected chi connectivity index (χ2v) is 10.1. The Bertz CT molecular complexity index is 1420. The van der Waals surface area contributed by atoms with E-state index in [1.54, 1.807) is 59.0 Å². The Morgan fingerprint density at radius 3 is 2.44 bits per heavy atom. The van der Waals surface area contributed by atoms with E-state index in [0.717, 1.165) is 0 Å². The predicted molar refractivity (Wildman–Crippen MR) is 144 cm³/mol. The number of nitrogens with two attached hydrogens (primary N) is 1. The zero-order valence-electron chi connectivity index (χ0n) is 22.9. The van der Waals surface area contributed by atoms with Crippen molar-refractivity contribution < 1.29 is 28.7 Å². The van der Waals surface area contributed by atoms with Crippen molar-refractivity contribution in [3.8, 4) is 5.75 Å². The summed E-state index contributed by atoms with van der Waals surface area (Å²) < 4.78 is 12.4. The van der Waals surface area contributed by atoms with Crippen molar-refractivity contribution in [1.29, 1.82) is 0 Å². The predicted octanol–water partition coefficient (Wildman–Crippen LogP) is 2.63. The summed E-state index contributed by atoms with van der Waals surface area (Å²) in [4.78, 5) is 55.3. The van der Waals surface area contributed by atoms with Crippen LogP contribution in [0.2, 0.25) is 0 Å². The number of carbonyl (C=O) groups is 4. The van der Waals surface area contributed by atoms with Gasteiger partial charge in [0.25, 0.3) is 11.8 Å². The molecule has 0 radical (unpaired) electrons. The minimum atomic E-state index is -1.64. The lowest BCUT2D eigenvalue weighted by molar-refractivity contribution is -0.157. The van der Waals surface area contributed by atoms with Gasteiger partial charge in [-0.15, -0.1) is 0 Å². The highest BCUT2D eigenvalue weighted by atomic mass is 16.6. The molecule has 13 nitrogen and oxygen atoms in total. The maximum absolute atomic E-state index is 13.3. The zero-order chi connectivity index (χ0) is 29.1. The molecule has 13 heteroatoms. The Kier molecular flexibility index (Phi) is 8.42. The Morgan fingerprint density at radius 2 is 1.82 bits per heavy atom. The Balaban J connectivity index is 1.94. The van der Waals surface area contributed by atoms with Crippen LogP contribution >= 0.6 is 0 Å². The summed E-state index contributed by atoms with van der Waals surface area (Å²) in [5, 5.41) is 12.2. The standard InChI is InChI=1S/C26H33N7O6/c1-13(2)38-16-10-8-9-15(11-16)29-25(37)31-23(35)17-12-28-22-18(14(3)32-33(22)7)19(17)30-20(21(27)34)24(36)39-26(4,5)6/h8-13,20H,1-7H3,(H2,27,34)(H,28,30)(H2,29,31,35,37). The van der Waals surface area contributed by atoms with Gasteiger partial charge in [-0.2, -0.15) is 5.10 Å². The highest BCUT2D eigenvalue weighted by Gasteiger charge is 2.32. The molecule has 0 saturated heterocycles. The number of aromatic nitrogens is 3. The van der Waals surface area contributed by atoms with Gasteiger partial charge in [0.15, 0.2) is 5.65 Å². The van der Waals surface area contributed by atoms with E-state index >= 15 is 0 Å². The molecule has 0 aliphatic heterocycles. The van der Waals surface area contributed by atoms with Crippen molar-refractivity contribution in [2.75, 3.05) is 10.6 Å². The summed E-state index contributed by atoms with van der Waals surface area (Å²) in [6, 6.07) is 4.22. The number of hydrogen-bond acceptors (Lipinski definition) is 9. The number of rotatable bonds is 8. The zero-order valence-corrected chi connectivity index (χ0v) is 22.9. The molecular weight excluding hydrogens is 506 g/mol. The highest BCUT2D eigenvalue weighted by Crippen LogP contribution is 2.30. The van der Waals surface area contributed by atoms with Crippen LogP contribution < -0.4 is 26.4 Å². The first kappa shape index (κ1) is 28.9. The Labute approximate surface area is 225 Å². The molecule has 2 heterocycles. The molecule has 0 aliphatic carbocycles. The summed E-state index contributed by atoms with van der Waals surface area (Å²) in [5.74, 6) is -2.27. The van der Waals surface area contributed by atoms with Crippen molar-refractivity contribution in [2.45, 2.75) is 59.3 Å². The lowest BCUT2D eigenvalue weighted by atomic mass is 10.1. The quantitative estimate of drug-likeness (QED) is 0.247. The van der Waals surface area contributed by atoms with Crippen LogP contribution in [0.3, 0.4) is 0 Å². The smallest absolute Gasteiger partial charge is 0.338 e. The SMILES string of the molecule is Cc1nn(C)c2ncc(C(=O)NC(=O)Nc3cccc(OC(C)C)c3)c(NC(C(N)=O)C(=O)OC(C)(C)C)c12. The third kappa shape index (κ3) is 7.21. The fourth-order valence-corrected chi connectivity index (χ4v) is 3.74. The van der Waals surface area contributed by atoms with Crippen LogP contribution in [0.15, 0.2) is 30.5 Å². The van der Waals surface area contributed by atoms with Crippen LogP contribution in [0.25, 0.3) is 11.0 Å². The average molecular weight is 540 g/mol. The molecule has 1 atom stereocenters. The number of ether oxygens (including phenoxy) is 2. The van der Waals surface area contributed by atoms with Crippen LogP contribution in [0.1, 0.15) is 50.7 Å². The van der Waals surface area contributed by atoms with Gasteiger partial charge in [0.05, 0.1) is 28.4 Å². The van der Waals surface area contributed by atoms with Crippen molar-refractivity contribution in [3.63, 3.8) is 0 Å². The van der Waals surface area contributed by atoms with Gasteiger partial charge in [0.2, 0.25) is 6.04 Å². The first-order valence-corrected chi connectivity index (χ1v) is 12.2. The van der Waals surface area contributed by atoms with Crippen LogP contribution in [0, 0.1) is 6.92 Å². The van der Waals surface area contributed by atoms with Gasteiger partial charge in [0, 0.05) is 25.0 Å². The summed E-state index contributed by atoms with van der Waals surface area (Å²) in [6.45, 7) is 10.3. The summed E-state index contributed by atoms with van der Waals surface area (Å²) in [7, 11) is 1.65. The molecule has 3 rings (SSSR count). The van der Waals surface area contributed by atoms with E-state index in [2.05, 4.69) is 26.0 Å². The number of anilines is 2. The van der Waals surface area contributed by atoms with E-state index in [0.29, 0.717) is 28.2 Å². The molecule has 0 fully saturated rings. The first-order chi connectivity index (χ1) is 18.2. The summed E-state index contributed by atoms with van der Waals surface area (Å²) in [5.41, 5.74) is 5.74. The maximum atomic E-state index is 13.3. The third-order valence-corrected chi connectivity index (χ3v) is 5.18. The number of imide groups is 1. The number of hydrogen-bond donors (Lipinski definition) is 4. The van der Waals surface area contributed by atoms with Crippen molar-refractivity contribution in [2.24, 2.45) is 12.8 Å². The number of fused-ring (bicyclic) bond motifs is 1. The van der Waals surface area contributed by atoms with Gasteiger partial charge in [-0.3, -0.25) is 19.6 Å². The second kappa shape index (κ2) is 11.4. The Morgan fingerprint density at radius 1 is 1.13 bits per heavy atom. The number of primary amides is 1. The number of amides is 4. The molecule has 4 amide bonds. The molecule has 3 aromatic rings. The number of nitrogens with zero attached hydrogens (tertiary/aromatic N) is 3. The van der Waals surface area contributed by atoms with Crippen molar-refractivity contribution >= 4 is 46.2 Å². The van der Waals surface area contributed by atoms with Gasteiger partial charge >= 0.3 is 12.0 Å². The van der Waals surface area contributed by atoms with Crippen molar-refractivity contribution in [3.05, 3.63) is 41.7 Å². The normalized spacial score (nSPS) is 12.1. The fourth-order valence-electron chi connectivity index (χ4n) is 3.74. The molecule has 0 bridgehead atoms. The summed E-state index contributed by atoms with van der Waals surface area (Å²) in [6.07, 6.45) is 1.14. The molecule has 208 valence electrons. The largest absolute Gasteiger partial charge is 0.491 e. The first-order valence-electron chi connectivity index (χ1n) is 12.2. The molecule has 39 heavy (non-hydrogen) atoms. The fraction of sp³-hybridized carbons (Fsp3) is 0.385. The molecule has 1 aromatic carbocycles. The average Bonchev–Trinajstić information content (AvgIpc) is 3.09. The van der Waals surface area contributed by atoms with Crippen molar-refractivity contribution in [1.82, 2.24) is 20.1 Å². The Hall–Kier alpha value is -4.68. The van der Waals surface area contributed by atoms with Crippen LogP contribution in [-0.4, -0.2) is 56.3 Å². The lowest BCUT2D eigenvalue weighted by Crippen LogP contribution is -2.46. The number of nitrogens with one attached hydrogen (secondary N) is 3. The van der Waals surface area contributed by atoms with Gasteiger partial charge < -0.3 is 25.8 Å². The topological polar surface area (TPSA) is 180 Å². The summed E-state index contributed by atoms with van der Waals surface area (Å²) >= 11 is 0. The number of carbonyl (C=O) groups excluding carboxylic acids is 4. The monoisotopic (exact) mass is 539 g/mol. The molecule has 0 spiro atoms. The van der Waals surface area contributed by atoms with Gasteiger partial charge in [-0.05, 0) is 53.7 Å².